The molecule has 8 rings (SSSR count). The number of alkyl halides is 12. The van der Waals surface area contributed by atoms with Crippen LogP contribution in [0.2, 0.25) is 0 Å². The number of ether oxygens (including phenoxy) is 1. The van der Waals surface area contributed by atoms with E-state index in [1.807, 2.05) is 23.6 Å². The fourth-order valence-corrected chi connectivity index (χ4v) is 14.8. The van der Waals surface area contributed by atoms with E-state index < -0.39 is 177 Å². The number of hydrogen-bond acceptors (Lipinski definition) is 10. The van der Waals surface area contributed by atoms with Crippen molar-refractivity contribution in [2.45, 2.75) is 190 Å². The minimum Gasteiger partial charge on any atom is -0.870 e. The van der Waals surface area contributed by atoms with Gasteiger partial charge in [-0.25, -0.2) is 17.6 Å². The number of aryl methyl sites for hydroxylation is 6. The molecule has 32 heteroatoms. The summed E-state index contributed by atoms with van der Waals surface area (Å²) in [6, 6.07) is 4.90. The molecule has 13 nitrogen and oxygen atoms in total. The van der Waals surface area contributed by atoms with Crippen LogP contribution in [0.25, 0.3) is 22.3 Å². The zero-order valence-electron chi connectivity index (χ0n) is 63.6. The fourth-order valence-electron chi connectivity index (χ4n) is 14.8. The molecule has 0 saturated carbocycles. The van der Waals surface area contributed by atoms with E-state index in [4.69, 9.17) is 4.74 Å². The van der Waals surface area contributed by atoms with Gasteiger partial charge in [-0.15, -0.1) is 0 Å². The van der Waals surface area contributed by atoms with Gasteiger partial charge < -0.3 is 34.3 Å². The van der Waals surface area contributed by atoms with Crippen LogP contribution in [0, 0.1) is 88.5 Å². The van der Waals surface area contributed by atoms with Gasteiger partial charge in [-0.2, -0.15) is 79.7 Å². The molecule has 604 valence electrons. The van der Waals surface area contributed by atoms with Crippen LogP contribution in [-0.4, -0.2) is 98.9 Å². The van der Waals surface area contributed by atoms with Crippen molar-refractivity contribution in [1.82, 2.24) is 18.9 Å². The number of carboxylic acid groups (broad SMARTS) is 1. The van der Waals surface area contributed by atoms with Crippen molar-refractivity contribution in [3.63, 3.8) is 0 Å². The maximum absolute atomic E-state index is 16.8. The number of halogens is 16. The van der Waals surface area contributed by atoms with Crippen molar-refractivity contribution in [1.29, 1.82) is 0 Å². The molecule has 0 aliphatic carbocycles. The number of carbonyl (C=O) groups excluding carboxylic acids is 3. The summed E-state index contributed by atoms with van der Waals surface area (Å²) in [5, 5.41) is 9.76. The Hall–Kier alpha value is -6.88. The molecular weight excluding hydrogens is 1510 g/mol. The first-order valence-electron chi connectivity index (χ1n) is 34.9. The van der Waals surface area contributed by atoms with Crippen LogP contribution < -0.4 is 30.0 Å². The van der Waals surface area contributed by atoms with Crippen molar-refractivity contribution in [2.75, 3.05) is 45.9 Å². The normalized spacial score (nSPS) is 14.9. The molecule has 6 aromatic rings. The van der Waals surface area contributed by atoms with Crippen LogP contribution >= 0.6 is 27.0 Å². The number of aliphatic carboxylic acids is 1. The Balaban J connectivity index is 0.000000551. The summed E-state index contributed by atoms with van der Waals surface area (Å²) in [6.07, 6.45) is -23.0. The first-order valence-corrected chi connectivity index (χ1v) is 34.9. The molecule has 0 bridgehead atoms. The zero-order valence-corrected chi connectivity index (χ0v) is 65.6. The monoisotopic (exact) mass is 1600 g/mol. The van der Waals surface area contributed by atoms with Crippen molar-refractivity contribution < 1.29 is 124 Å². The largest absolute Gasteiger partial charge is 1.00 e. The molecule has 4 aromatic carbocycles. The van der Waals surface area contributed by atoms with Crippen LogP contribution in [0.4, 0.5) is 70.2 Å². The first kappa shape index (κ1) is 97.3. The number of rotatable bonds is 27. The van der Waals surface area contributed by atoms with E-state index in [1.165, 1.54) is 20.8 Å². The average Bonchev–Trinajstić information content (AvgIpc) is 0.753. The van der Waals surface area contributed by atoms with Gasteiger partial charge in [0.25, 0.3) is 11.1 Å². The Labute approximate surface area is 654 Å². The third-order valence-corrected chi connectivity index (χ3v) is 19.2. The molecule has 2 saturated heterocycles. The van der Waals surface area contributed by atoms with E-state index in [-0.39, 0.29) is 131 Å². The van der Waals surface area contributed by atoms with Crippen molar-refractivity contribution in [3.05, 3.63) is 183 Å². The van der Waals surface area contributed by atoms with E-state index in [1.54, 1.807) is 79.7 Å². The minimum absolute atomic E-state index is 0. The number of hydrogen-bond donors (Lipinski definition) is 1. The number of ketones is 2. The smallest absolute Gasteiger partial charge is 0.870 e. The van der Waals surface area contributed by atoms with Crippen LogP contribution in [-0.2, 0) is 61.5 Å². The number of nitrogens with zero attached hydrogens (tertiary/aromatic N) is 4. The second kappa shape index (κ2) is 39.2. The van der Waals surface area contributed by atoms with E-state index in [0.29, 0.717) is 84.5 Å². The van der Waals surface area contributed by atoms with Gasteiger partial charge in [0.15, 0.2) is 11.6 Å². The van der Waals surface area contributed by atoms with Gasteiger partial charge in [-0.05, 0) is 154 Å². The summed E-state index contributed by atoms with van der Waals surface area (Å²) in [4.78, 5) is 83.8. The summed E-state index contributed by atoms with van der Waals surface area (Å²) in [7, 11) is 0. The van der Waals surface area contributed by atoms with Crippen LogP contribution in [0.5, 0.6) is 0 Å². The number of likely N-dealkylation sites (tertiary alicyclic amines) is 2. The second-order valence-electron chi connectivity index (χ2n) is 29.3. The number of pyridine rings is 2. The van der Waals surface area contributed by atoms with Crippen LogP contribution in [0.15, 0.2) is 70.5 Å². The Bertz CT molecular complexity index is 4350. The molecule has 2 N–H and O–H groups in total. The van der Waals surface area contributed by atoms with E-state index >= 15 is 17.6 Å². The van der Waals surface area contributed by atoms with Gasteiger partial charge in [-0.3, -0.25) is 28.8 Å². The first-order chi connectivity index (χ1) is 49.0. The quantitative estimate of drug-likeness (QED) is 0.0295. The van der Waals surface area contributed by atoms with Crippen molar-refractivity contribution in [2.24, 2.45) is 23.7 Å². The molecule has 110 heavy (non-hydrogen) atoms. The topological polar surface area (TPSA) is 178 Å². The number of Topliss-reactive ketones (excluding diaryl/α,β-unsaturated/α-hetero) is 2. The van der Waals surface area contributed by atoms with Gasteiger partial charge in [0.1, 0.15) is 23.3 Å². The molecule has 2 fully saturated rings. The molecule has 2 aromatic heterocycles. The number of esters is 1. The van der Waals surface area contributed by atoms with E-state index in [9.17, 15) is 86.6 Å². The molecule has 2 unspecified atom stereocenters. The Morgan fingerprint density at radius 3 is 1.07 bits per heavy atom. The van der Waals surface area contributed by atoms with Crippen LogP contribution in [0.1, 0.15) is 189 Å². The van der Waals surface area contributed by atoms with Gasteiger partial charge in [0, 0.05) is 111 Å². The van der Waals surface area contributed by atoms with Gasteiger partial charge in [0.2, 0.25) is 0 Å². The number of aromatic nitrogens is 2. The molecule has 4 atom stereocenters. The van der Waals surface area contributed by atoms with Crippen LogP contribution in [0.3, 0.4) is 0 Å². The summed E-state index contributed by atoms with van der Waals surface area (Å²) in [5.41, 5.74) is -9.41. The van der Waals surface area contributed by atoms with Gasteiger partial charge >= 0.3 is 55.5 Å². The maximum atomic E-state index is 16.8. The fraction of sp³-hybridized carbons (Fsp3) is 0.513. The zero-order chi connectivity index (χ0) is 79.5. The number of carboxylic acids is 1. The van der Waals surface area contributed by atoms with Gasteiger partial charge in [-0.1, -0.05) is 76.9 Å². The molecule has 0 radical (unpaired) electrons. The summed E-state index contributed by atoms with van der Waals surface area (Å²) in [6.45, 7) is 24.8. The molecule has 2 aliphatic heterocycles. The number of carbonyl (C=O) groups is 4. The molecule has 4 heterocycles. The predicted molar refractivity (Wildman–Crippen MR) is 390 cm³/mol. The summed E-state index contributed by atoms with van der Waals surface area (Å²) in [5.74, 6) is -15.4. The second-order valence-corrected chi connectivity index (χ2v) is 29.3. The average molecular weight is 1610 g/mol. The Morgan fingerprint density at radius 2 is 0.800 bits per heavy atom. The Kier molecular flexibility index (Phi) is 34.7. The maximum Gasteiger partial charge on any atom is 1.00 e. The predicted octanol–water partition coefficient (Wildman–Crippen LogP) is 15.6. The Morgan fingerprint density at radius 1 is 0.491 bits per heavy atom. The SMILES string of the molecule is CCOC(=O)C[C@H](CC(=O)C(CC(C)C)n1cc(CCN2CC(C)C2)c(C(F)(F)F)cc1=O)c1c(F)c(-c2c(C)cc(C)cc2C)cc(C(F)(F)F)c1F.Cc1cc(C)c(-c2cc(C(F)(F)F)c(F)c([C@H](CC(=O)O)CC(=O)C(CC(C)C)n3cc(CCN4CC(C)C4)c(C(F)(F)F)cc3=O)c2F)c(C)c1.S.S.[Li+].[OH-]. The van der Waals surface area contributed by atoms with Crippen molar-refractivity contribution >= 4 is 50.5 Å². The molecular formula is C78H93F16LiN4O9S2. The van der Waals surface area contributed by atoms with E-state index in [0.717, 1.165) is 32.7 Å². The molecule has 0 amide bonds. The van der Waals surface area contributed by atoms with Crippen molar-refractivity contribution in [3.8, 4) is 22.3 Å². The third-order valence-electron chi connectivity index (χ3n) is 19.2. The molecule has 2 aliphatic rings. The minimum atomic E-state index is -5.34. The third kappa shape index (κ3) is 23.9. The summed E-state index contributed by atoms with van der Waals surface area (Å²) >= 11 is 0. The summed E-state index contributed by atoms with van der Waals surface area (Å²) < 4.78 is 243. The number of benzene rings is 4. The standard InChI is InChI=1S/C40H46F8N2O4.C38H42F8N2O4.Li.H2O.2H2S/c1-8-54-34(53)15-27(36-37(41)28(16-30(38(36)42)40(46,47)48)35-24(6)12-22(4)13-25(35)7)14-32(51)31(11-21(2)3)50-20-26(9-10-49-18-23(5)19-49)29(17-33(50)52)39(43,44)45;1-19(2)9-29(48-18-24(7-8-47-16-21(4)17-47)27(15-31(48)50)37(41,42)43)30(49)12-25(13-32(51)52)34-35(39)26(14-28(36(34)40)38(44,45)46)33-22(5)10-20(3)11-23(33)6;;;;/h12-13,16-17,20-21,23,27,31H,8-11,14-15,18-19H2,1-7H3;10-11,14-15,18-19,21,25,29H,7-9,12-13,16-17H2,1-6H3,(H,51,52);;3*1H2/q;;+1;;;/p-1/t27-,31?;25-,29?;;;;/m00..../s1. The van der Waals surface area contributed by atoms with E-state index in [2.05, 4.69) is 0 Å². The van der Waals surface area contributed by atoms with Gasteiger partial charge in [0.05, 0.1) is 53.8 Å². The molecule has 0 spiro atoms.